The predicted molar refractivity (Wildman–Crippen MR) is 48.7 cm³/mol. The van der Waals surface area contributed by atoms with E-state index in [1.807, 2.05) is 0 Å². The van der Waals surface area contributed by atoms with Crippen LogP contribution in [-0.2, 0) is 4.57 Å². The Morgan fingerprint density at radius 2 is 2.00 bits per heavy atom. The van der Waals surface area contributed by atoms with Crippen LogP contribution in [0.25, 0.3) is 10.4 Å². The van der Waals surface area contributed by atoms with Crippen molar-refractivity contribution >= 4 is 23.2 Å². The van der Waals surface area contributed by atoms with Crippen LogP contribution in [0, 0.1) is 0 Å². The average Bonchev–Trinajstić information content (AvgIpc) is 2.06. The fraction of sp³-hybridized carbons (Fsp3) is 0. The van der Waals surface area contributed by atoms with Gasteiger partial charge in [0.15, 0.2) is 0 Å². The van der Waals surface area contributed by atoms with E-state index in [1.165, 1.54) is 0 Å². The molecule has 62 valence electrons. The van der Waals surface area contributed by atoms with Gasteiger partial charge in [0.05, 0.1) is 0 Å². The maximum atomic E-state index is 11.4. The van der Waals surface area contributed by atoms with Crippen LogP contribution in [0.5, 0.6) is 0 Å². The largest absolute Gasteiger partial charge is 0.295 e. The van der Waals surface area contributed by atoms with E-state index in [-0.39, 0.29) is 0 Å². The van der Waals surface area contributed by atoms with Crippen molar-refractivity contribution in [2.45, 2.75) is 0 Å². The van der Waals surface area contributed by atoms with Gasteiger partial charge in [0, 0.05) is 10.2 Å². The maximum Gasteiger partial charge on any atom is 0.283 e. The van der Waals surface area contributed by atoms with E-state index in [1.54, 1.807) is 30.3 Å². The topological polar surface area (TPSA) is 65.8 Å². The van der Waals surface area contributed by atoms with Gasteiger partial charge in [-0.15, -0.1) is 0 Å². The fourth-order valence-electron chi connectivity index (χ4n) is 0.715. The molecule has 0 bridgehead atoms. The molecule has 1 aromatic carbocycles. The summed E-state index contributed by atoms with van der Waals surface area (Å²) < 4.78 is 11.4. The van der Waals surface area contributed by atoms with Gasteiger partial charge in [-0.2, -0.15) is 0 Å². The van der Waals surface area contributed by atoms with E-state index in [0.717, 1.165) is 0 Å². The van der Waals surface area contributed by atoms with Gasteiger partial charge in [-0.25, -0.2) is 0 Å². The number of nitrogens with zero attached hydrogens (tertiary/aromatic N) is 3. The standard InChI is InChI=1S/C6H5ClN3OP/c7-12(11,10-9-8)6-4-2-1-3-5-6/h1-5H. The van der Waals surface area contributed by atoms with Crippen LogP contribution in [0.3, 0.4) is 0 Å². The Morgan fingerprint density at radius 3 is 2.50 bits per heavy atom. The van der Waals surface area contributed by atoms with Gasteiger partial charge in [-0.05, 0) is 21.7 Å². The molecule has 0 aromatic heterocycles. The third kappa shape index (κ3) is 2.02. The van der Waals surface area contributed by atoms with E-state index in [0.29, 0.717) is 5.30 Å². The average molecular weight is 202 g/mol. The van der Waals surface area contributed by atoms with Crippen LogP contribution in [0.15, 0.2) is 35.2 Å². The fourth-order valence-corrected chi connectivity index (χ4v) is 1.89. The third-order valence-electron chi connectivity index (χ3n) is 1.23. The van der Waals surface area contributed by atoms with Crippen molar-refractivity contribution in [3.63, 3.8) is 0 Å². The summed E-state index contributed by atoms with van der Waals surface area (Å²) in [6, 6.07) is 8.23. The Kier molecular flexibility index (Phi) is 2.77. The van der Waals surface area contributed by atoms with Gasteiger partial charge in [0.25, 0.3) is 6.65 Å². The second-order valence-electron chi connectivity index (χ2n) is 2.02. The molecule has 0 fully saturated rings. The molecular formula is C6H5ClN3OP. The highest BCUT2D eigenvalue weighted by molar-refractivity contribution is 7.93. The monoisotopic (exact) mass is 201 g/mol. The Balaban J connectivity index is 3.15. The Labute approximate surface area is 74.0 Å². The summed E-state index contributed by atoms with van der Waals surface area (Å²) in [6.07, 6.45) is 0. The van der Waals surface area contributed by atoms with E-state index in [9.17, 15) is 4.57 Å². The molecule has 0 N–H and O–H groups in total. The molecule has 1 atom stereocenters. The van der Waals surface area contributed by atoms with E-state index < -0.39 is 6.65 Å². The molecule has 0 radical (unpaired) electrons. The molecule has 0 aliphatic carbocycles. The molecule has 0 saturated carbocycles. The summed E-state index contributed by atoms with van der Waals surface area (Å²) in [4.78, 5) is 5.44. The van der Waals surface area contributed by atoms with Gasteiger partial charge in [0.1, 0.15) is 0 Å². The minimum Gasteiger partial charge on any atom is -0.295 e. The summed E-state index contributed by atoms with van der Waals surface area (Å²) >= 11 is 5.50. The van der Waals surface area contributed by atoms with Crippen LogP contribution in [0.4, 0.5) is 0 Å². The first-order chi connectivity index (χ1) is 5.67. The highest BCUT2D eigenvalue weighted by Crippen LogP contribution is 2.51. The predicted octanol–water partition coefficient (Wildman–Crippen LogP) is 3.05. The van der Waals surface area contributed by atoms with Gasteiger partial charge >= 0.3 is 0 Å². The van der Waals surface area contributed by atoms with Gasteiger partial charge in [-0.3, -0.25) is 4.57 Å². The SMILES string of the molecule is [N-]=[N+]=NP(=O)(Cl)c1ccccc1. The lowest BCUT2D eigenvalue weighted by Crippen LogP contribution is -1.95. The van der Waals surface area contributed by atoms with Crippen LogP contribution in [0.2, 0.25) is 0 Å². The lowest BCUT2D eigenvalue weighted by Gasteiger charge is -2.01. The normalized spacial score (nSPS) is 14.4. The highest BCUT2D eigenvalue weighted by atomic mass is 35.7. The van der Waals surface area contributed by atoms with Crippen LogP contribution in [-0.4, -0.2) is 0 Å². The van der Waals surface area contributed by atoms with Crippen molar-refractivity contribution in [2.75, 3.05) is 0 Å². The minimum absolute atomic E-state index is 0.351. The first-order valence-electron chi connectivity index (χ1n) is 3.09. The van der Waals surface area contributed by atoms with E-state index >= 15 is 0 Å². The zero-order valence-electron chi connectivity index (χ0n) is 5.96. The van der Waals surface area contributed by atoms with Gasteiger partial charge < -0.3 is 0 Å². The van der Waals surface area contributed by atoms with E-state index in [2.05, 4.69) is 9.80 Å². The number of rotatable bonds is 2. The zero-order valence-corrected chi connectivity index (χ0v) is 7.61. The second-order valence-corrected chi connectivity index (χ2v) is 5.09. The first kappa shape index (κ1) is 9.14. The Morgan fingerprint density at radius 1 is 1.42 bits per heavy atom. The molecular weight excluding hydrogens is 197 g/mol. The smallest absolute Gasteiger partial charge is 0.283 e. The van der Waals surface area contributed by atoms with Crippen molar-refractivity contribution in [3.05, 3.63) is 40.8 Å². The molecule has 6 heteroatoms. The molecule has 1 aromatic rings. The van der Waals surface area contributed by atoms with Gasteiger partial charge in [0.2, 0.25) is 0 Å². The summed E-state index contributed by atoms with van der Waals surface area (Å²) in [5.74, 6) is 0. The van der Waals surface area contributed by atoms with Crippen LogP contribution < -0.4 is 5.30 Å². The Hall–Kier alpha value is -0.950. The maximum absolute atomic E-state index is 11.4. The van der Waals surface area contributed by atoms with Gasteiger partial charge in [-0.1, -0.05) is 30.3 Å². The van der Waals surface area contributed by atoms with Crippen LogP contribution in [0.1, 0.15) is 0 Å². The van der Waals surface area contributed by atoms with Crippen molar-refractivity contribution < 1.29 is 4.57 Å². The minimum atomic E-state index is -3.36. The molecule has 12 heavy (non-hydrogen) atoms. The molecule has 0 aliphatic heterocycles. The van der Waals surface area contributed by atoms with Crippen LogP contribution >= 0.6 is 17.9 Å². The van der Waals surface area contributed by atoms with Crippen molar-refractivity contribution in [1.82, 2.24) is 0 Å². The van der Waals surface area contributed by atoms with Crippen molar-refractivity contribution in [1.29, 1.82) is 0 Å². The number of hydrogen-bond donors (Lipinski definition) is 0. The molecule has 0 amide bonds. The number of azide groups is 1. The lowest BCUT2D eigenvalue weighted by molar-refractivity contribution is 0.590. The van der Waals surface area contributed by atoms with E-state index in [4.69, 9.17) is 16.8 Å². The zero-order chi connectivity index (χ0) is 9.03. The summed E-state index contributed by atoms with van der Waals surface area (Å²) in [7, 11) is 0. The third-order valence-corrected chi connectivity index (χ3v) is 3.26. The molecule has 1 rings (SSSR count). The molecule has 0 spiro atoms. The molecule has 0 heterocycles. The molecule has 1 unspecified atom stereocenters. The first-order valence-corrected chi connectivity index (χ1v) is 5.65. The number of halogens is 1. The second kappa shape index (κ2) is 3.63. The summed E-state index contributed by atoms with van der Waals surface area (Å²) in [6.45, 7) is -3.36. The lowest BCUT2D eigenvalue weighted by atomic mass is 10.4. The number of hydrogen-bond acceptors (Lipinski definition) is 1. The van der Waals surface area contributed by atoms with Crippen molar-refractivity contribution in [3.8, 4) is 0 Å². The summed E-state index contributed by atoms with van der Waals surface area (Å²) in [5, 5.41) is 0.351. The Bertz CT molecular complexity index is 360. The summed E-state index contributed by atoms with van der Waals surface area (Å²) in [5.41, 5.74) is 8.06. The van der Waals surface area contributed by atoms with Crippen molar-refractivity contribution in [2.24, 2.45) is 4.88 Å². The number of benzene rings is 1. The quantitative estimate of drug-likeness (QED) is 0.314. The molecule has 0 aliphatic rings. The highest BCUT2D eigenvalue weighted by Gasteiger charge is 2.17. The molecule has 4 nitrogen and oxygen atoms in total. The molecule has 0 saturated heterocycles.